The van der Waals surface area contributed by atoms with Gasteiger partial charge in [0.05, 0.1) is 16.5 Å². The lowest BCUT2D eigenvalue weighted by molar-refractivity contribution is -0.383. The van der Waals surface area contributed by atoms with Gasteiger partial charge in [-0.1, -0.05) is 0 Å². The summed E-state index contributed by atoms with van der Waals surface area (Å²) in [6, 6.07) is 1.40. The highest BCUT2D eigenvalue weighted by atomic mass is 19.1. The van der Waals surface area contributed by atoms with Crippen molar-refractivity contribution in [2.45, 2.75) is 0 Å². The van der Waals surface area contributed by atoms with E-state index in [0.29, 0.717) is 0 Å². The number of pyridine rings is 1. The molecule has 2 rings (SSSR count). The molecular formula is C7H4FN3O2. The number of aromatic amines is 1. The largest absolute Gasteiger partial charge is 0.351 e. The molecule has 0 unspecified atom stereocenters. The van der Waals surface area contributed by atoms with Crippen LogP contribution in [0, 0.1) is 16.1 Å². The van der Waals surface area contributed by atoms with Gasteiger partial charge in [0, 0.05) is 6.20 Å². The normalized spacial score (nSPS) is 10.5. The van der Waals surface area contributed by atoms with Crippen LogP contribution in [0.25, 0.3) is 10.9 Å². The van der Waals surface area contributed by atoms with Gasteiger partial charge in [0.1, 0.15) is 5.52 Å². The summed E-state index contributed by atoms with van der Waals surface area (Å²) < 4.78 is 12.9. The predicted octanol–water partition coefficient (Wildman–Crippen LogP) is 1.61. The van der Waals surface area contributed by atoms with Crippen LogP contribution in [0.15, 0.2) is 18.5 Å². The van der Waals surface area contributed by atoms with Gasteiger partial charge in [0.25, 0.3) is 5.69 Å². The fourth-order valence-corrected chi connectivity index (χ4v) is 1.16. The second kappa shape index (κ2) is 2.51. The maximum absolute atomic E-state index is 12.9. The molecule has 0 atom stereocenters. The monoisotopic (exact) mass is 181 g/mol. The molecule has 0 fully saturated rings. The number of fused-ring (bicyclic) bond motifs is 1. The van der Waals surface area contributed by atoms with E-state index in [-0.39, 0.29) is 16.6 Å². The summed E-state index contributed by atoms with van der Waals surface area (Å²) in [5.41, 5.74) is -0.0782. The summed E-state index contributed by atoms with van der Waals surface area (Å²) in [6.45, 7) is 0. The predicted molar refractivity (Wildman–Crippen MR) is 42.7 cm³/mol. The maximum atomic E-state index is 12.9. The first-order valence-electron chi connectivity index (χ1n) is 3.46. The van der Waals surface area contributed by atoms with Crippen molar-refractivity contribution in [3.63, 3.8) is 0 Å². The second-order valence-electron chi connectivity index (χ2n) is 2.46. The molecule has 0 saturated carbocycles. The topological polar surface area (TPSA) is 71.8 Å². The minimum Gasteiger partial charge on any atom is -0.351 e. The lowest BCUT2D eigenvalue weighted by atomic mass is 10.3. The lowest BCUT2D eigenvalue weighted by Crippen LogP contribution is -1.86. The minimum absolute atomic E-state index is 0.0641. The van der Waals surface area contributed by atoms with Gasteiger partial charge in [-0.05, 0) is 6.07 Å². The highest BCUT2D eigenvalue weighted by Crippen LogP contribution is 2.25. The molecular weight excluding hydrogens is 177 g/mol. The van der Waals surface area contributed by atoms with Crippen LogP contribution in [-0.4, -0.2) is 14.9 Å². The Hall–Kier alpha value is -1.98. The second-order valence-corrected chi connectivity index (χ2v) is 2.46. The minimum atomic E-state index is -0.731. The van der Waals surface area contributed by atoms with E-state index in [9.17, 15) is 14.5 Å². The molecule has 1 N–H and O–H groups in total. The Morgan fingerprint density at radius 1 is 1.62 bits per heavy atom. The van der Waals surface area contributed by atoms with Crippen molar-refractivity contribution in [1.82, 2.24) is 9.97 Å². The molecule has 5 nitrogen and oxygen atoms in total. The van der Waals surface area contributed by atoms with E-state index in [2.05, 4.69) is 9.97 Å². The van der Waals surface area contributed by atoms with Crippen LogP contribution in [0.3, 0.4) is 0 Å². The van der Waals surface area contributed by atoms with Gasteiger partial charge in [-0.2, -0.15) is 4.39 Å². The van der Waals surface area contributed by atoms with E-state index < -0.39 is 10.9 Å². The summed E-state index contributed by atoms with van der Waals surface area (Å²) in [5.74, 6) is -0.731. The van der Waals surface area contributed by atoms with Gasteiger partial charge >= 0.3 is 0 Å². The standard InChI is InChI=1S/C7H4FN3O2/c8-7-6-4(1-2-9-7)5(3-10-6)11(12)13/h1-3,10H. The highest BCUT2D eigenvalue weighted by molar-refractivity contribution is 5.88. The maximum Gasteiger partial charge on any atom is 0.294 e. The first-order chi connectivity index (χ1) is 6.20. The van der Waals surface area contributed by atoms with Crippen LogP contribution in [0.1, 0.15) is 0 Å². The molecule has 0 radical (unpaired) electrons. The number of rotatable bonds is 1. The van der Waals surface area contributed by atoms with E-state index in [4.69, 9.17) is 0 Å². The summed E-state index contributed by atoms with van der Waals surface area (Å²) in [6.07, 6.45) is 2.34. The van der Waals surface area contributed by atoms with Crippen molar-refractivity contribution in [2.75, 3.05) is 0 Å². The van der Waals surface area contributed by atoms with Gasteiger partial charge in [-0.15, -0.1) is 0 Å². The number of hydrogen-bond acceptors (Lipinski definition) is 3. The van der Waals surface area contributed by atoms with Crippen molar-refractivity contribution in [3.8, 4) is 0 Å². The number of hydrogen-bond donors (Lipinski definition) is 1. The number of aromatic nitrogens is 2. The number of nitro groups is 1. The zero-order valence-electron chi connectivity index (χ0n) is 6.32. The Labute approximate surface area is 71.4 Å². The summed E-state index contributed by atoms with van der Waals surface area (Å²) in [5, 5.41) is 10.7. The lowest BCUT2D eigenvalue weighted by Gasteiger charge is -1.89. The molecule has 13 heavy (non-hydrogen) atoms. The molecule has 6 heteroatoms. The van der Waals surface area contributed by atoms with Crippen LogP contribution < -0.4 is 0 Å². The number of halogens is 1. The quantitative estimate of drug-likeness (QED) is 0.412. The highest BCUT2D eigenvalue weighted by Gasteiger charge is 2.15. The van der Waals surface area contributed by atoms with Gasteiger partial charge in [-0.25, -0.2) is 4.98 Å². The van der Waals surface area contributed by atoms with Gasteiger partial charge in [0.15, 0.2) is 0 Å². The van der Waals surface area contributed by atoms with Crippen LogP contribution in [0.2, 0.25) is 0 Å². The summed E-state index contributed by atoms with van der Waals surface area (Å²) in [7, 11) is 0. The smallest absolute Gasteiger partial charge is 0.294 e. The fourth-order valence-electron chi connectivity index (χ4n) is 1.16. The van der Waals surface area contributed by atoms with E-state index in [1.807, 2.05) is 0 Å². The molecule has 2 aromatic rings. The molecule has 0 saturated heterocycles. The van der Waals surface area contributed by atoms with Crippen molar-refractivity contribution in [1.29, 1.82) is 0 Å². The van der Waals surface area contributed by atoms with Gasteiger partial charge in [-0.3, -0.25) is 10.1 Å². The molecule has 0 aliphatic heterocycles. The van der Waals surface area contributed by atoms with Crippen LogP contribution >= 0.6 is 0 Å². The zero-order chi connectivity index (χ0) is 9.42. The average molecular weight is 181 g/mol. The Bertz CT molecular complexity index is 480. The molecule has 0 amide bonds. The Balaban J connectivity index is 2.83. The molecule has 0 spiro atoms. The van der Waals surface area contributed by atoms with E-state index in [1.165, 1.54) is 12.3 Å². The summed E-state index contributed by atoms with van der Waals surface area (Å²) in [4.78, 5) is 15.7. The number of nitrogens with zero attached hydrogens (tertiary/aromatic N) is 2. The summed E-state index contributed by atoms with van der Waals surface area (Å²) >= 11 is 0. The zero-order valence-corrected chi connectivity index (χ0v) is 6.32. The van der Waals surface area contributed by atoms with Gasteiger partial charge < -0.3 is 4.98 Å². The molecule has 0 bridgehead atoms. The third-order valence-electron chi connectivity index (χ3n) is 1.73. The SMILES string of the molecule is O=[N+]([O-])c1c[nH]c2c(F)nccc12. The first-order valence-corrected chi connectivity index (χ1v) is 3.46. The van der Waals surface area contributed by atoms with Crippen molar-refractivity contribution in [3.05, 3.63) is 34.5 Å². The van der Waals surface area contributed by atoms with Crippen molar-refractivity contribution in [2.24, 2.45) is 0 Å². The fraction of sp³-hybridized carbons (Fsp3) is 0. The van der Waals surface area contributed by atoms with Crippen molar-refractivity contribution < 1.29 is 9.31 Å². The van der Waals surface area contributed by atoms with Crippen LogP contribution in [0.4, 0.5) is 10.1 Å². The third kappa shape index (κ3) is 1.03. The van der Waals surface area contributed by atoms with Crippen molar-refractivity contribution >= 4 is 16.6 Å². The third-order valence-corrected chi connectivity index (χ3v) is 1.73. The first kappa shape index (κ1) is 7.66. The van der Waals surface area contributed by atoms with E-state index in [1.54, 1.807) is 0 Å². The Kier molecular flexibility index (Phi) is 1.48. The Morgan fingerprint density at radius 3 is 3.08 bits per heavy atom. The van der Waals surface area contributed by atoms with Crippen LogP contribution in [-0.2, 0) is 0 Å². The number of nitrogens with one attached hydrogen (secondary N) is 1. The molecule has 66 valence electrons. The Morgan fingerprint density at radius 2 is 2.38 bits per heavy atom. The molecule has 0 aliphatic rings. The molecule has 0 aliphatic carbocycles. The van der Waals surface area contributed by atoms with E-state index >= 15 is 0 Å². The van der Waals surface area contributed by atoms with Crippen LogP contribution in [0.5, 0.6) is 0 Å². The average Bonchev–Trinajstić information content (AvgIpc) is 2.48. The molecule has 2 aromatic heterocycles. The van der Waals surface area contributed by atoms with E-state index in [0.717, 1.165) is 6.20 Å². The molecule has 2 heterocycles. The molecule has 0 aromatic carbocycles. The number of H-pyrrole nitrogens is 1. The van der Waals surface area contributed by atoms with Gasteiger partial charge in [0.2, 0.25) is 5.95 Å².